The molecule has 0 saturated carbocycles. The molecule has 1 heterocycles. The minimum atomic E-state index is -0.459. The van der Waals surface area contributed by atoms with Crippen LogP contribution < -0.4 is 10.1 Å². The first-order valence-corrected chi connectivity index (χ1v) is 11.6. The number of nitrogens with one attached hydrogen (secondary N) is 2. The van der Waals surface area contributed by atoms with E-state index in [0.717, 1.165) is 34.2 Å². The van der Waals surface area contributed by atoms with E-state index in [-0.39, 0.29) is 11.6 Å². The molecule has 1 unspecified atom stereocenters. The lowest BCUT2D eigenvalue weighted by molar-refractivity contribution is -0.116. The van der Waals surface area contributed by atoms with Gasteiger partial charge in [0, 0.05) is 35.6 Å². The first-order chi connectivity index (χ1) is 16.6. The van der Waals surface area contributed by atoms with E-state index in [4.69, 9.17) is 4.74 Å². The normalized spacial score (nSPS) is 11.9. The minimum absolute atomic E-state index is 0.0240. The summed E-state index contributed by atoms with van der Waals surface area (Å²) in [6.07, 6.45) is 3.74. The van der Waals surface area contributed by atoms with Gasteiger partial charge in [0.15, 0.2) is 5.78 Å². The number of ether oxygens (including phenoxy) is 1. The highest BCUT2D eigenvalue weighted by atomic mass is 16.5. The Morgan fingerprint density at radius 2 is 1.71 bits per heavy atom. The predicted octanol–water partition coefficient (Wildman–Crippen LogP) is 5.45. The van der Waals surface area contributed by atoms with Crippen molar-refractivity contribution in [1.29, 1.82) is 0 Å². The maximum Gasteiger partial charge on any atom is 0.186 e. The molecule has 0 spiro atoms. The number of carbonyl (C=O) groups is 2. The summed E-state index contributed by atoms with van der Waals surface area (Å²) in [6.45, 7) is 2.26. The Morgan fingerprint density at radius 1 is 0.941 bits per heavy atom. The van der Waals surface area contributed by atoms with Crippen LogP contribution in [0.4, 0.5) is 0 Å². The summed E-state index contributed by atoms with van der Waals surface area (Å²) < 4.78 is 5.23. The van der Waals surface area contributed by atoms with Crippen LogP contribution in [0.15, 0.2) is 79.0 Å². The summed E-state index contributed by atoms with van der Waals surface area (Å²) in [6, 6.07) is 23.3. The maximum atomic E-state index is 13.8. The van der Waals surface area contributed by atoms with Crippen LogP contribution in [0.5, 0.6) is 5.75 Å². The number of fused-ring (bicyclic) bond motifs is 1. The minimum Gasteiger partial charge on any atom is -0.497 e. The third-order valence-corrected chi connectivity index (χ3v) is 6.13. The third-order valence-electron chi connectivity index (χ3n) is 6.13. The Morgan fingerprint density at radius 3 is 2.41 bits per heavy atom. The zero-order valence-electron chi connectivity index (χ0n) is 19.6. The number of aryl methyl sites for hydroxylation is 1. The molecule has 0 aliphatic carbocycles. The lowest BCUT2D eigenvalue weighted by atomic mass is 9.95. The molecule has 5 heteroatoms. The lowest BCUT2D eigenvalue weighted by Crippen LogP contribution is -2.30. The number of methoxy groups -OCH3 is 1. The molecule has 1 aromatic heterocycles. The van der Waals surface area contributed by atoms with Gasteiger partial charge in [0.25, 0.3) is 0 Å². The van der Waals surface area contributed by atoms with Crippen molar-refractivity contribution in [2.24, 2.45) is 0 Å². The molecule has 174 valence electrons. The van der Waals surface area contributed by atoms with Crippen LogP contribution >= 0.6 is 0 Å². The average Bonchev–Trinajstić information content (AvgIpc) is 3.31. The Hall–Kier alpha value is -3.70. The molecule has 2 N–H and O–H groups in total. The summed E-state index contributed by atoms with van der Waals surface area (Å²) in [5.74, 6) is 1.01. The average molecular weight is 455 g/mol. The molecule has 0 fully saturated rings. The molecule has 3 aromatic carbocycles. The highest BCUT2D eigenvalue weighted by Crippen LogP contribution is 2.27. The van der Waals surface area contributed by atoms with Crippen molar-refractivity contribution in [1.82, 2.24) is 10.3 Å². The van der Waals surface area contributed by atoms with Gasteiger partial charge < -0.3 is 19.8 Å². The smallest absolute Gasteiger partial charge is 0.186 e. The van der Waals surface area contributed by atoms with Crippen LogP contribution in [0, 0.1) is 0 Å². The predicted molar refractivity (Wildman–Crippen MR) is 136 cm³/mol. The fourth-order valence-corrected chi connectivity index (χ4v) is 4.26. The number of benzene rings is 3. The first-order valence-electron chi connectivity index (χ1n) is 11.6. The first kappa shape index (κ1) is 23.5. The molecule has 1 atom stereocenters. The van der Waals surface area contributed by atoms with E-state index < -0.39 is 6.04 Å². The van der Waals surface area contributed by atoms with Crippen LogP contribution in [0.2, 0.25) is 0 Å². The number of H-pyrrole nitrogens is 1. The van der Waals surface area contributed by atoms with Gasteiger partial charge in [-0.25, -0.2) is 0 Å². The monoisotopic (exact) mass is 454 g/mol. The largest absolute Gasteiger partial charge is 0.497 e. The van der Waals surface area contributed by atoms with Gasteiger partial charge in [0.05, 0.1) is 13.2 Å². The molecule has 0 saturated heterocycles. The molecule has 5 nitrogen and oxygen atoms in total. The van der Waals surface area contributed by atoms with Crippen molar-refractivity contribution in [2.45, 2.75) is 32.2 Å². The van der Waals surface area contributed by atoms with Crippen molar-refractivity contribution >= 4 is 22.5 Å². The van der Waals surface area contributed by atoms with Crippen LogP contribution in [0.3, 0.4) is 0 Å². The number of hydrogen-bond acceptors (Lipinski definition) is 4. The maximum absolute atomic E-state index is 13.8. The van der Waals surface area contributed by atoms with Gasteiger partial charge >= 0.3 is 0 Å². The number of rotatable bonds is 11. The summed E-state index contributed by atoms with van der Waals surface area (Å²) in [5.41, 5.74) is 4.75. The molecule has 4 aromatic rings. The van der Waals surface area contributed by atoms with Crippen LogP contribution in [0.25, 0.3) is 10.9 Å². The van der Waals surface area contributed by atoms with Crippen molar-refractivity contribution in [3.8, 4) is 5.75 Å². The fourth-order valence-electron chi connectivity index (χ4n) is 4.26. The molecule has 0 radical (unpaired) electrons. The topological polar surface area (TPSA) is 71.2 Å². The van der Waals surface area contributed by atoms with Gasteiger partial charge in [-0.2, -0.15) is 0 Å². The Labute approximate surface area is 200 Å². The SMILES string of the molecule is COc1ccc(CCNC(C(=O)c2c[nH]c3c(CCC(C)=O)cccc23)c2ccccc2)cc1. The number of aromatic nitrogens is 1. The molecular weight excluding hydrogens is 424 g/mol. The number of Topliss-reactive ketones (excluding diaryl/α,β-unsaturated/α-hetero) is 2. The quantitative estimate of drug-likeness (QED) is 0.296. The van der Waals surface area contributed by atoms with E-state index in [0.29, 0.717) is 24.9 Å². The summed E-state index contributed by atoms with van der Waals surface area (Å²) >= 11 is 0. The lowest BCUT2D eigenvalue weighted by Gasteiger charge is -2.18. The molecular formula is C29H30N2O3. The summed E-state index contributed by atoms with van der Waals surface area (Å²) in [5, 5.41) is 4.37. The molecule has 0 aliphatic rings. The Balaban J connectivity index is 1.56. The van der Waals surface area contributed by atoms with E-state index in [1.165, 1.54) is 5.56 Å². The summed E-state index contributed by atoms with van der Waals surface area (Å²) in [4.78, 5) is 28.5. The standard InChI is InChI=1S/C29H30N2O3/c1-20(32)11-14-23-9-6-10-25-26(19-31-27(23)25)29(33)28(22-7-4-3-5-8-22)30-18-17-21-12-15-24(34-2)16-13-21/h3-10,12-13,15-16,19,28,30-31H,11,14,17-18H2,1-2H3. The van der Waals surface area contributed by atoms with Crippen LogP contribution in [0.1, 0.15) is 46.4 Å². The van der Waals surface area contributed by atoms with Gasteiger partial charge in [-0.3, -0.25) is 4.79 Å². The number of para-hydroxylation sites is 1. The molecule has 4 rings (SSSR count). The zero-order chi connectivity index (χ0) is 23.9. The van der Waals surface area contributed by atoms with Gasteiger partial charge in [-0.1, -0.05) is 60.7 Å². The molecule has 34 heavy (non-hydrogen) atoms. The van der Waals surface area contributed by atoms with Crippen LogP contribution in [-0.2, 0) is 17.6 Å². The van der Waals surface area contributed by atoms with E-state index in [9.17, 15) is 9.59 Å². The highest BCUT2D eigenvalue weighted by Gasteiger charge is 2.24. The number of ketones is 2. The molecule has 0 aliphatic heterocycles. The number of aromatic amines is 1. The van der Waals surface area contributed by atoms with Crippen LogP contribution in [-0.4, -0.2) is 30.2 Å². The molecule has 0 bridgehead atoms. The van der Waals surface area contributed by atoms with Crippen molar-refractivity contribution in [3.63, 3.8) is 0 Å². The van der Waals surface area contributed by atoms with E-state index in [2.05, 4.69) is 10.3 Å². The Bertz CT molecular complexity index is 1260. The highest BCUT2D eigenvalue weighted by molar-refractivity contribution is 6.11. The number of carbonyl (C=O) groups excluding carboxylic acids is 2. The van der Waals surface area contributed by atoms with E-state index in [1.807, 2.05) is 72.8 Å². The van der Waals surface area contributed by atoms with Crippen molar-refractivity contribution in [2.75, 3.05) is 13.7 Å². The van der Waals surface area contributed by atoms with E-state index in [1.54, 1.807) is 20.2 Å². The second kappa shape index (κ2) is 10.9. The number of hydrogen-bond donors (Lipinski definition) is 2. The van der Waals surface area contributed by atoms with Gasteiger partial charge in [-0.05, 0) is 48.6 Å². The van der Waals surface area contributed by atoms with Gasteiger partial charge in [0.1, 0.15) is 11.5 Å². The molecule has 0 amide bonds. The van der Waals surface area contributed by atoms with Gasteiger partial charge in [0.2, 0.25) is 0 Å². The van der Waals surface area contributed by atoms with E-state index >= 15 is 0 Å². The Kier molecular flexibility index (Phi) is 7.55. The zero-order valence-corrected chi connectivity index (χ0v) is 19.6. The van der Waals surface area contributed by atoms with Crippen molar-refractivity contribution < 1.29 is 14.3 Å². The third kappa shape index (κ3) is 5.43. The second-order valence-electron chi connectivity index (χ2n) is 8.50. The fraction of sp³-hybridized carbons (Fsp3) is 0.241. The summed E-state index contributed by atoms with van der Waals surface area (Å²) in [7, 11) is 1.66. The second-order valence-corrected chi connectivity index (χ2v) is 8.50. The van der Waals surface area contributed by atoms with Crippen molar-refractivity contribution in [3.05, 3.63) is 101 Å². The van der Waals surface area contributed by atoms with Gasteiger partial charge in [-0.15, -0.1) is 0 Å².